The molecule has 0 unspecified atom stereocenters. The standard InChI is InChI=1S/C17H24BN3O3.C11H12BrN3O/c1-7-22-15-13(18-23-16(2,3)17(4,5)24-18)10-12(11-19-15)14-8-9-21(6)20-14;1-3-16-11-9(12)6-8(7-13-11)10-4-5-15(2)14-10/h8-11H,7H2,1-6H3;4-7H,3H2,1-2H3. The molecule has 0 amide bonds. The molecule has 0 saturated carbocycles. The van der Waals surface area contributed by atoms with Crippen LogP contribution < -0.4 is 14.9 Å². The molecule has 12 heteroatoms. The minimum Gasteiger partial charge on any atom is -0.478 e. The van der Waals surface area contributed by atoms with E-state index >= 15 is 0 Å². The van der Waals surface area contributed by atoms with Crippen molar-refractivity contribution in [2.45, 2.75) is 52.7 Å². The maximum atomic E-state index is 6.17. The molecule has 1 aliphatic heterocycles. The van der Waals surface area contributed by atoms with Crippen LogP contribution >= 0.6 is 15.9 Å². The van der Waals surface area contributed by atoms with Crippen LogP contribution in [0.4, 0.5) is 0 Å². The van der Waals surface area contributed by atoms with Crippen molar-refractivity contribution in [2.24, 2.45) is 14.1 Å². The van der Waals surface area contributed by atoms with Gasteiger partial charge in [0.2, 0.25) is 11.8 Å². The Morgan fingerprint density at radius 1 is 0.800 bits per heavy atom. The van der Waals surface area contributed by atoms with E-state index in [1.165, 1.54) is 0 Å². The largest absolute Gasteiger partial charge is 0.500 e. The third-order valence-electron chi connectivity index (χ3n) is 6.77. The first-order valence-electron chi connectivity index (χ1n) is 13.2. The Balaban J connectivity index is 0.000000201. The number of ether oxygens (including phenoxy) is 2. The third-order valence-corrected chi connectivity index (χ3v) is 7.34. The summed E-state index contributed by atoms with van der Waals surface area (Å²) in [6.45, 7) is 13.1. The quantitative estimate of drug-likeness (QED) is 0.275. The second kappa shape index (κ2) is 12.1. The molecule has 5 rings (SSSR count). The van der Waals surface area contributed by atoms with Crippen LogP contribution in [0.25, 0.3) is 22.5 Å². The van der Waals surface area contributed by atoms with E-state index in [1.807, 2.05) is 92.3 Å². The fourth-order valence-corrected chi connectivity index (χ4v) is 4.42. The fourth-order valence-electron chi connectivity index (χ4n) is 3.95. The van der Waals surface area contributed by atoms with Crippen molar-refractivity contribution in [1.82, 2.24) is 29.5 Å². The number of hydrogen-bond acceptors (Lipinski definition) is 8. The summed E-state index contributed by atoms with van der Waals surface area (Å²) in [5.74, 6) is 1.15. The highest BCUT2D eigenvalue weighted by atomic mass is 79.9. The molecule has 0 aliphatic carbocycles. The zero-order valence-electron chi connectivity index (χ0n) is 24.3. The van der Waals surface area contributed by atoms with E-state index in [0.29, 0.717) is 25.0 Å². The normalized spacial score (nSPS) is 15.5. The maximum Gasteiger partial charge on any atom is 0.500 e. The molecule has 1 saturated heterocycles. The third kappa shape index (κ3) is 6.56. The second-order valence-electron chi connectivity index (χ2n) is 10.3. The molecule has 0 aromatic carbocycles. The zero-order valence-corrected chi connectivity index (χ0v) is 25.9. The minimum atomic E-state index is -0.521. The van der Waals surface area contributed by atoms with Gasteiger partial charge in [-0.3, -0.25) is 9.36 Å². The van der Waals surface area contributed by atoms with Crippen LogP contribution in [-0.4, -0.2) is 61.1 Å². The van der Waals surface area contributed by atoms with Crippen molar-refractivity contribution in [1.29, 1.82) is 0 Å². The summed E-state index contributed by atoms with van der Waals surface area (Å²) in [6.07, 6.45) is 7.33. The first kappa shape index (κ1) is 29.8. The van der Waals surface area contributed by atoms with Gasteiger partial charge in [-0.15, -0.1) is 0 Å². The molecule has 1 aliphatic rings. The molecule has 0 bridgehead atoms. The van der Waals surface area contributed by atoms with Crippen molar-refractivity contribution >= 4 is 28.5 Å². The van der Waals surface area contributed by atoms with Crippen molar-refractivity contribution in [3.8, 4) is 34.3 Å². The number of aryl methyl sites for hydroxylation is 2. The van der Waals surface area contributed by atoms with Gasteiger partial charge in [0.05, 0.1) is 40.3 Å². The van der Waals surface area contributed by atoms with Crippen LogP contribution in [0.15, 0.2) is 53.5 Å². The first-order valence-corrected chi connectivity index (χ1v) is 14.0. The zero-order chi connectivity index (χ0) is 29.1. The number of nitrogens with zero attached hydrogens (tertiary/aromatic N) is 6. The predicted molar refractivity (Wildman–Crippen MR) is 159 cm³/mol. The highest BCUT2D eigenvalue weighted by Crippen LogP contribution is 2.37. The van der Waals surface area contributed by atoms with E-state index in [2.05, 4.69) is 36.1 Å². The van der Waals surface area contributed by atoms with Crippen LogP contribution in [0.1, 0.15) is 41.5 Å². The summed E-state index contributed by atoms with van der Waals surface area (Å²) in [7, 11) is 3.26. The number of hydrogen-bond donors (Lipinski definition) is 0. The predicted octanol–water partition coefficient (Wildman–Crippen LogP) is 4.82. The molecule has 1 fully saturated rings. The van der Waals surface area contributed by atoms with E-state index in [-0.39, 0.29) is 0 Å². The Kier molecular flexibility index (Phi) is 9.01. The van der Waals surface area contributed by atoms with Crippen LogP contribution in [-0.2, 0) is 23.4 Å². The van der Waals surface area contributed by atoms with E-state index in [9.17, 15) is 0 Å². The molecule has 5 heterocycles. The van der Waals surface area contributed by atoms with Crippen LogP contribution in [0.3, 0.4) is 0 Å². The van der Waals surface area contributed by atoms with Crippen molar-refractivity contribution in [2.75, 3.05) is 13.2 Å². The average Bonchev–Trinajstić information content (AvgIpc) is 3.58. The summed E-state index contributed by atoms with van der Waals surface area (Å²) in [5, 5.41) is 8.75. The lowest BCUT2D eigenvalue weighted by molar-refractivity contribution is 0.00578. The van der Waals surface area contributed by atoms with Gasteiger partial charge in [0.1, 0.15) is 0 Å². The van der Waals surface area contributed by atoms with Crippen molar-refractivity contribution < 1.29 is 18.8 Å². The summed E-state index contributed by atoms with van der Waals surface area (Å²) < 4.78 is 27.7. The molecule has 0 N–H and O–H groups in total. The lowest BCUT2D eigenvalue weighted by atomic mass is 9.79. The van der Waals surface area contributed by atoms with E-state index in [0.717, 1.165) is 32.5 Å². The van der Waals surface area contributed by atoms with Crippen molar-refractivity contribution in [3.05, 3.63) is 53.5 Å². The first-order chi connectivity index (χ1) is 18.9. The Morgan fingerprint density at radius 3 is 1.73 bits per heavy atom. The van der Waals surface area contributed by atoms with Gasteiger partial charge in [-0.05, 0) is 81.7 Å². The van der Waals surface area contributed by atoms with Gasteiger partial charge in [-0.1, -0.05) is 0 Å². The molecule has 4 aromatic heterocycles. The van der Waals surface area contributed by atoms with Gasteiger partial charge in [0.15, 0.2) is 0 Å². The SMILES string of the molecule is CCOc1ncc(-c2ccn(C)n2)cc1B1OC(C)(C)C(C)(C)O1.CCOc1ncc(-c2ccn(C)n2)cc1Br. The molecular formula is C28H36BBrN6O4. The highest BCUT2D eigenvalue weighted by molar-refractivity contribution is 9.10. The van der Waals surface area contributed by atoms with Gasteiger partial charge in [0, 0.05) is 55.5 Å². The minimum absolute atomic E-state index is 0.415. The Morgan fingerprint density at radius 2 is 1.27 bits per heavy atom. The number of rotatable bonds is 7. The summed E-state index contributed by atoms with van der Waals surface area (Å²) in [6, 6.07) is 7.85. The lowest BCUT2D eigenvalue weighted by Gasteiger charge is -2.32. The summed E-state index contributed by atoms with van der Waals surface area (Å²) in [4.78, 5) is 8.70. The molecule has 4 aromatic rings. The fraction of sp³-hybridized carbons (Fsp3) is 0.429. The van der Waals surface area contributed by atoms with Gasteiger partial charge in [-0.2, -0.15) is 10.2 Å². The molecule has 10 nitrogen and oxygen atoms in total. The average molecular weight is 611 g/mol. The molecule has 212 valence electrons. The Labute approximate surface area is 244 Å². The van der Waals surface area contributed by atoms with Gasteiger partial charge >= 0.3 is 7.12 Å². The van der Waals surface area contributed by atoms with Crippen LogP contribution in [0, 0.1) is 0 Å². The molecule has 0 spiro atoms. The van der Waals surface area contributed by atoms with Gasteiger partial charge in [-0.25, -0.2) is 9.97 Å². The maximum absolute atomic E-state index is 6.17. The monoisotopic (exact) mass is 610 g/mol. The second-order valence-corrected chi connectivity index (χ2v) is 11.2. The van der Waals surface area contributed by atoms with Gasteiger partial charge in [0.25, 0.3) is 0 Å². The smallest absolute Gasteiger partial charge is 0.478 e. The van der Waals surface area contributed by atoms with E-state index in [4.69, 9.17) is 18.8 Å². The van der Waals surface area contributed by atoms with E-state index in [1.54, 1.807) is 21.8 Å². The topological polar surface area (TPSA) is 98.3 Å². The number of aromatic nitrogens is 6. The Hall–Kier alpha value is -3.22. The lowest BCUT2D eigenvalue weighted by Crippen LogP contribution is -2.41. The van der Waals surface area contributed by atoms with Crippen LogP contribution in [0.2, 0.25) is 0 Å². The molecule has 0 radical (unpaired) electrons. The van der Waals surface area contributed by atoms with Crippen molar-refractivity contribution in [3.63, 3.8) is 0 Å². The molecule has 0 atom stereocenters. The summed E-state index contributed by atoms with van der Waals surface area (Å²) in [5.41, 5.74) is 3.59. The molecule has 40 heavy (non-hydrogen) atoms. The van der Waals surface area contributed by atoms with Gasteiger partial charge < -0.3 is 18.8 Å². The highest BCUT2D eigenvalue weighted by Gasteiger charge is 2.52. The Bertz CT molecular complexity index is 1440. The van der Waals surface area contributed by atoms with Crippen LogP contribution in [0.5, 0.6) is 11.8 Å². The van der Waals surface area contributed by atoms with E-state index < -0.39 is 18.3 Å². The summed E-state index contributed by atoms with van der Waals surface area (Å²) >= 11 is 3.43. The number of halogens is 1. The number of pyridine rings is 2. The molecular weight excluding hydrogens is 575 g/mol.